The Hall–Kier alpha value is -2.82. The van der Waals surface area contributed by atoms with Gasteiger partial charge >= 0.3 is 0 Å². The van der Waals surface area contributed by atoms with E-state index in [-0.39, 0.29) is 11.8 Å². The van der Waals surface area contributed by atoms with Gasteiger partial charge in [0.15, 0.2) is 6.10 Å². The largest absolute Gasteiger partial charge is 0.481 e. The minimum absolute atomic E-state index is 0.160. The molecule has 0 bridgehead atoms. The Labute approximate surface area is 135 Å². The molecule has 0 aliphatic rings. The molecule has 0 heterocycles. The van der Waals surface area contributed by atoms with Gasteiger partial charge in [-0.05, 0) is 36.8 Å². The maximum Gasteiger partial charge on any atom is 0.265 e. The van der Waals surface area contributed by atoms with Gasteiger partial charge in [-0.3, -0.25) is 9.59 Å². The lowest BCUT2D eigenvalue weighted by Gasteiger charge is -2.17. The van der Waals surface area contributed by atoms with Crippen molar-refractivity contribution >= 4 is 23.2 Å². The Balaban J connectivity index is 2.03. The molecule has 2 aromatic rings. The molecule has 120 valence electrons. The summed E-state index contributed by atoms with van der Waals surface area (Å²) in [6.07, 6.45) is -0.0339. The fraction of sp³-hybridized carbons (Fsp3) is 0.222. The van der Waals surface area contributed by atoms with Crippen LogP contribution in [0.4, 0.5) is 11.4 Å². The van der Waals surface area contributed by atoms with Gasteiger partial charge in [-0.2, -0.15) is 0 Å². The summed E-state index contributed by atoms with van der Waals surface area (Å²) in [7, 11) is 0. The fourth-order valence-corrected chi connectivity index (χ4v) is 2.09. The lowest BCUT2D eigenvalue weighted by Crippen LogP contribution is -2.32. The van der Waals surface area contributed by atoms with Crippen molar-refractivity contribution in [3.05, 3.63) is 54.6 Å². The van der Waals surface area contributed by atoms with Crippen molar-refractivity contribution in [1.29, 1.82) is 0 Å². The molecule has 23 heavy (non-hydrogen) atoms. The maximum absolute atomic E-state index is 12.4. The number of hydrogen-bond acceptors (Lipinski definition) is 3. The summed E-state index contributed by atoms with van der Waals surface area (Å²) < 4.78 is 5.71. The van der Waals surface area contributed by atoms with E-state index in [0.717, 1.165) is 0 Å². The molecule has 0 unspecified atom stereocenters. The molecule has 5 nitrogen and oxygen atoms in total. The van der Waals surface area contributed by atoms with Gasteiger partial charge in [0.05, 0.1) is 0 Å². The van der Waals surface area contributed by atoms with Gasteiger partial charge in [-0.25, -0.2) is 0 Å². The molecule has 5 heteroatoms. The third kappa shape index (κ3) is 5.14. The van der Waals surface area contributed by atoms with Gasteiger partial charge in [0.2, 0.25) is 5.91 Å². The standard InChI is InChI=1S/C18H20N2O3/c1-3-17(23-16-10-5-4-6-11-16)18(22)20-15-9-7-8-14(12-15)19-13(2)21/h4-12,17H,3H2,1-2H3,(H,19,21)(H,20,22)/t17-/m1/s1. The number of anilines is 2. The zero-order valence-electron chi connectivity index (χ0n) is 13.2. The van der Waals surface area contributed by atoms with Crippen LogP contribution >= 0.6 is 0 Å². The lowest BCUT2D eigenvalue weighted by atomic mass is 10.2. The van der Waals surface area contributed by atoms with E-state index in [1.54, 1.807) is 24.3 Å². The second-order valence-electron chi connectivity index (χ2n) is 5.08. The molecule has 0 spiro atoms. The molecule has 2 rings (SSSR count). The number of benzene rings is 2. The highest BCUT2D eigenvalue weighted by molar-refractivity contribution is 5.95. The molecule has 0 aromatic heterocycles. The van der Waals surface area contributed by atoms with Crippen LogP contribution in [0.1, 0.15) is 20.3 Å². The fourth-order valence-electron chi connectivity index (χ4n) is 2.09. The Morgan fingerprint density at radius 1 is 1.00 bits per heavy atom. The third-order valence-corrected chi connectivity index (χ3v) is 3.14. The SMILES string of the molecule is CC[C@@H](Oc1ccccc1)C(=O)Nc1cccc(NC(C)=O)c1. The minimum Gasteiger partial charge on any atom is -0.481 e. The molecule has 0 radical (unpaired) electrons. The number of carbonyl (C=O) groups is 2. The van der Waals surface area contributed by atoms with Crippen LogP contribution in [0.5, 0.6) is 5.75 Å². The quantitative estimate of drug-likeness (QED) is 0.858. The van der Waals surface area contributed by atoms with Crippen LogP contribution < -0.4 is 15.4 Å². The van der Waals surface area contributed by atoms with Crippen LogP contribution in [-0.4, -0.2) is 17.9 Å². The van der Waals surface area contributed by atoms with Crippen molar-refractivity contribution in [2.24, 2.45) is 0 Å². The number of para-hydroxylation sites is 1. The molecule has 1 atom stereocenters. The van der Waals surface area contributed by atoms with Crippen molar-refractivity contribution < 1.29 is 14.3 Å². The molecule has 2 aromatic carbocycles. The van der Waals surface area contributed by atoms with E-state index >= 15 is 0 Å². The summed E-state index contributed by atoms with van der Waals surface area (Å²) in [4.78, 5) is 23.4. The smallest absolute Gasteiger partial charge is 0.265 e. The van der Waals surface area contributed by atoms with Gasteiger partial charge in [0.1, 0.15) is 5.75 Å². The van der Waals surface area contributed by atoms with Crippen molar-refractivity contribution in [3.8, 4) is 5.75 Å². The normalized spacial score (nSPS) is 11.4. The highest BCUT2D eigenvalue weighted by atomic mass is 16.5. The number of nitrogens with one attached hydrogen (secondary N) is 2. The average molecular weight is 312 g/mol. The first-order chi connectivity index (χ1) is 11.1. The molecule has 0 fully saturated rings. The summed E-state index contributed by atoms with van der Waals surface area (Å²) in [6, 6.07) is 16.2. The van der Waals surface area contributed by atoms with E-state index in [0.29, 0.717) is 23.5 Å². The summed E-state index contributed by atoms with van der Waals surface area (Å²) in [5.41, 5.74) is 1.24. The molecule has 0 aliphatic carbocycles. The maximum atomic E-state index is 12.4. The van der Waals surface area contributed by atoms with E-state index in [1.165, 1.54) is 6.92 Å². The minimum atomic E-state index is -0.582. The van der Waals surface area contributed by atoms with Gasteiger partial charge in [0, 0.05) is 18.3 Å². The third-order valence-electron chi connectivity index (χ3n) is 3.14. The summed E-state index contributed by atoms with van der Waals surface area (Å²) in [6.45, 7) is 3.33. The topological polar surface area (TPSA) is 67.4 Å². The van der Waals surface area contributed by atoms with E-state index in [1.807, 2.05) is 37.3 Å². The molecular weight excluding hydrogens is 292 g/mol. The van der Waals surface area contributed by atoms with E-state index < -0.39 is 6.10 Å². The molecular formula is C18H20N2O3. The van der Waals surface area contributed by atoms with Gasteiger partial charge in [-0.15, -0.1) is 0 Å². The first-order valence-electron chi connectivity index (χ1n) is 7.48. The second kappa shape index (κ2) is 7.98. The molecule has 2 N–H and O–H groups in total. The molecule has 2 amide bonds. The molecule has 0 saturated heterocycles. The lowest BCUT2D eigenvalue weighted by molar-refractivity contribution is -0.122. The predicted molar refractivity (Wildman–Crippen MR) is 90.5 cm³/mol. The van der Waals surface area contributed by atoms with Crippen molar-refractivity contribution in [1.82, 2.24) is 0 Å². The predicted octanol–water partition coefficient (Wildman–Crippen LogP) is 3.44. The van der Waals surface area contributed by atoms with Crippen molar-refractivity contribution in [3.63, 3.8) is 0 Å². The van der Waals surface area contributed by atoms with Crippen LogP contribution in [0.2, 0.25) is 0 Å². The van der Waals surface area contributed by atoms with Gasteiger partial charge < -0.3 is 15.4 Å². The van der Waals surface area contributed by atoms with Crippen LogP contribution in [-0.2, 0) is 9.59 Å². The Kier molecular flexibility index (Phi) is 5.74. The second-order valence-corrected chi connectivity index (χ2v) is 5.08. The zero-order chi connectivity index (χ0) is 16.7. The first-order valence-corrected chi connectivity index (χ1v) is 7.48. The number of ether oxygens (including phenoxy) is 1. The highest BCUT2D eigenvalue weighted by Gasteiger charge is 2.18. The number of carbonyl (C=O) groups excluding carboxylic acids is 2. The highest BCUT2D eigenvalue weighted by Crippen LogP contribution is 2.17. The van der Waals surface area contributed by atoms with Crippen LogP contribution in [0.25, 0.3) is 0 Å². The monoisotopic (exact) mass is 312 g/mol. The Bertz CT molecular complexity index is 671. The molecule has 0 aliphatic heterocycles. The van der Waals surface area contributed by atoms with Crippen LogP contribution in [0, 0.1) is 0 Å². The zero-order valence-corrected chi connectivity index (χ0v) is 13.2. The van der Waals surface area contributed by atoms with Crippen molar-refractivity contribution in [2.75, 3.05) is 10.6 Å². The van der Waals surface area contributed by atoms with E-state index in [2.05, 4.69) is 10.6 Å². The number of amides is 2. The first kappa shape index (κ1) is 16.5. The Morgan fingerprint density at radius 3 is 2.26 bits per heavy atom. The van der Waals surface area contributed by atoms with Crippen LogP contribution in [0.15, 0.2) is 54.6 Å². The van der Waals surface area contributed by atoms with E-state index in [9.17, 15) is 9.59 Å². The Morgan fingerprint density at radius 2 is 1.65 bits per heavy atom. The number of rotatable bonds is 6. The van der Waals surface area contributed by atoms with Crippen LogP contribution in [0.3, 0.4) is 0 Å². The molecule has 0 saturated carbocycles. The summed E-state index contributed by atoms with van der Waals surface area (Å²) in [5, 5.41) is 5.49. The average Bonchev–Trinajstić information content (AvgIpc) is 2.53. The van der Waals surface area contributed by atoms with E-state index in [4.69, 9.17) is 4.74 Å². The number of hydrogen-bond donors (Lipinski definition) is 2. The summed E-state index contributed by atoms with van der Waals surface area (Å²) >= 11 is 0. The van der Waals surface area contributed by atoms with Gasteiger partial charge in [0.25, 0.3) is 5.91 Å². The van der Waals surface area contributed by atoms with Crippen molar-refractivity contribution in [2.45, 2.75) is 26.4 Å². The van der Waals surface area contributed by atoms with Gasteiger partial charge in [-0.1, -0.05) is 31.2 Å². The summed E-state index contributed by atoms with van der Waals surface area (Å²) in [5.74, 6) is 0.269.